The van der Waals surface area contributed by atoms with Crippen LogP contribution >= 0.6 is 0 Å². The number of aromatic nitrogens is 1. The van der Waals surface area contributed by atoms with Crippen molar-refractivity contribution in [1.29, 1.82) is 0 Å². The lowest BCUT2D eigenvalue weighted by molar-refractivity contribution is 0.185. The van der Waals surface area contributed by atoms with Crippen molar-refractivity contribution in [3.63, 3.8) is 0 Å². The van der Waals surface area contributed by atoms with Crippen LogP contribution in [0.3, 0.4) is 0 Å². The van der Waals surface area contributed by atoms with E-state index in [0.29, 0.717) is 6.61 Å². The quantitative estimate of drug-likeness (QED) is 0.863. The lowest BCUT2D eigenvalue weighted by atomic mass is 10.1. The van der Waals surface area contributed by atoms with Gasteiger partial charge in [0.2, 0.25) is 0 Å². The van der Waals surface area contributed by atoms with Gasteiger partial charge in [-0.1, -0.05) is 24.3 Å². The predicted octanol–water partition coefficient (Wildman–Crippen LogP) is 2.83. The highest BCUT2D eigenvalue weighted by atomic mass is 16.5. The van der Waals surface area contributed by atoms with Crippen molar-refractivity contribution >= 4 is 0 Å². The Morgan fingerprint density at radius 2 is 2.00 bits per heavy atom. The molecule has 1 aromatic carbocycles. The van der Waals surface area contributed by atoms with Gasteiger partial charge in [0.1, 0.15) is 0 Å². The summed E-state index contributed by atoms with van der Waals surface area (Å²) in [5, 5.41) is 3.45. The van der Waals surface area contributed by atoms with Gasteiger partial charge in [-0.15, -0.1) is 0 Å². The molecule has 0 saturated carbocycles. The van der Waals surface area contributed by atoms with Gasteiger partial charge in [0, 0.05) is 32.6 Å². The summed E-state index contributed by atoms with van der Waals surface area (Å²) < 4.78 is 5.14. The summed E-state index contributed by atoms with van der Waals surface area (Å²) in [6.45, 7) is 4.47. The highest BCUT2D eigenvalue weighted by Gasteiger charge is 1.99. The zero-order valence-electron chi connectivity index (χ0n) is 11.5. The third-order valence-corrected chi connectivity index (χ3v) is 3.09. The van der Waals surface area contributed by atoms with Crippen LogP contribution in [0.15, 0.2) is 42.7 Å². The maximum Gasteiger partial charge on any atom is 0.0713 e. The number of hydrogen-bond donors (Lipinski definition) is 1. The highest BCUT2D eigenvalue weighted by Crippen LogP contribution is 2.08. The fourth-order valence-electron chi connectivity index (χ4n) is 2.02. The summed E-state index contributed by atoms with van der Waals surface area (Å²) in [6.07, 6.45) is 3.75. The molecule has 0 bridgehead atoms. The maximum atomic E-state index is 5.14. The van der Waals surface area contributed by atoms with Crippen LogP contribution < -0.4 is 5.32 Å². The molecule has 1 heterocycles. The molecule has 0 unspecified atom stereocenters. The number of aryl methyl sites for hydroxylation is 1. The lowest BCUT2D eigenvalue weighted by Crippen LogP contribution is -2.13. The summed E-state index contributed by atoms with van der Waals surface area (Å²) >= 11 is 0. The Bertz CT molecular complexity index is 526. The van der Waals surface area contributed by atoms with E-state index in [1.54, 1.807) is 7.11 Å². The van der Waals surface area contributed by atoms with Gasteiger partial charge < -0.3 is 10.1 Å². The van der Waals surface area contributed by atoms with E-state index >= 15 is 0 Å². The molecule has 0 radical (unpaired) electrons. The summed E-state index contributed by atoms with van der Waals surface area (Å²) in [5.41, 5.74) is 5.00. The van der Waals surface area contributed by atoms with Crippen molar-refractivity contribution in [3.05, 3.63) is 65.0 Å². The van der Waals surface area contributed by atoms with E-state index in [1.165, 1.54) is 22.3 Å². The van der Waals surface area contributed by atoms with Gasteiger partial charge >= 0.3 is 0 Å². The second-order valence-electron chi connectivity index (χ2n) is 4.66. The van der Waals surface area contributed by atoms with Crippen LogP contribution in [0.1, 0.15) is 22.3 Å². The molecule has 0 amide bonds. The largest absolute Gasteiger partial charge is 0.380 e. The molecule has 2 rings (SSSR count). The van der Waals surface area contributed by atoms with Gasteiger partial charge in [0.05, 0.1) is 6.61 Å². The average molecular weight is 256 g/mol. The minimum atomic E-state index is 0.662. The Morgan fingerprint density at radius 1 is 1.16 bits per heavy atom. The van der Waals surface area contributed by atoms with Gasteiger partial charge in [-0.25, -0.2) is 0 Å². The Morgan fingerprint density at radius 3 is 2.79 bits per heavy atom. The monoisotopic (exact) mass is 256 g/mol. The van der Waals surface area contributed by atoms with Gasteiger partial charge in [-0.05, 0) is 35.2 Å². The summed E-state index contributed by atoms with van der Waals surface area (Å²) in [5.74, 6) is 0. The molecule has 1 N–H and O–H groups in total. The van der Waals surface area contributed by atoms with E-state index < -0.39 is 0 Å². The Labute approximate surface area is 114 Å². The molecule has 0 aliphatic rings. The zero-order valence-corrected chi connectivity index (χ0v) is 11.5. The van der Waals surface area contributed by atoms with E-state index in [9.17, 15) is 0 Å². The summed E-state index contributed by atoms with van der Waals surface area (Å²) in [6, 6.07) is 10.5. The fraction of sp³-hybridized carbons (Fsp3) is 0.312. The number of nitrogens with one attached hydrogen (secondary N) is 1. The van der Waals surface area contributed by atoms with Gasteiger partial charge in [-0.3, -0.25) is 4.98 Å². The molecule has 3 nitrogen and oxygen atoms in total. The molecule has 0 spiro atoms. The van der Waals surface area contributed by atoms with Crippen LogP contribution in [0.25, 0.3) is 0 Å². The first-order chi connectivity index (χ1) is 9.29. The van der Waals surface area contributed by atoms with Crippen LogP contribution in [-0.4, -0.2) is 12.1 Å². The third-order valence-electron chi connectivity index (χ3n) is 3.09. The van der Waals surface area contributed by atoms with Crippen LogP contribution in [-0.2, 0) is 24.4 Å². The number of hydrogen-bond acceptors (Lipinski definition) is 3. The molecule has 0 atom stereocenters. The third kappa shape index (κ3) is 4.16. The number of pyridine rings is 1. The molecule has 19 heavy (non-hydrogen) atoms. The number of rotatable bonds is 6. The first-order valence-corrected chi connectivity index (χ1v) is 6.46. The van der Waals surface area contributed by atoms with Crippen LogP contribution in [0.5, 0.6) is 0 Å². The number of methoxy groups -OCH3 is 1. The molecule has 0 saturated heterocycles. The van der Waals surface area contributed by atoms with Gasteiger partial charge in [-0.2, -0.15) is 0 Å². The van der Waals surface area contributed by atoms with Crippen molar-refractivity contribution in [1.82, 2.24) is 10.3 Å². The van der Waals surface area contributed by atoms with E-state index in [2.05, 4.69) is 41.5 Å². The molecule has 0 aliphatic carbocycles. The Hall–Kier alpha value is -1.71. The maximum absolute atomic E-state index is 5.14. The second kappa shape index (κ2) is 7.02. The van der Waals surface area contributed by atoms with Crippen LogP contribution in [0.4, 0.5) is 0 Å². The fourth-order valence-corrected chi connectivity index (χ4v) is 2.02. The minimum absolute atomic E-state index is 0.662. The van der Waals surface area contributed by atoms with Crippen molar-refractivity contribution in [3.8, 4) is 0 Å². The van der Waals surface area contributed by atoms with E-state index in [1.807, 2.05) is 18.5 Å². The SMILES string of the molecule is COCc1cccc(CNCc2cnccc2C)c1. The topological polar surface area (TPSA) is 34.1 Å². The molecule has 0 fully saturated rings. The predicted molar refractivity (Wildman–Crippen MR) is 76.7 cm³/mol. The molecule has 1 aromatic heterocycles. The van der Waals surface area contributed by atoms with Crippen molar-refractivity contribution in [2.24, 2.45) is 0 Å². The van der Waals surface area contributed by atoms with Crippen molar-refractivity contribution < 1.29 is 4.74 Å². The van der Waals surface area contributed by atoms with E-state index in [0.717, 1.165) is 13.1 Å². The second-order valence-corrected chi connectivity index (χ2v) is 4.66. The van der Waals surface area contributed by atoms with Crippen LogP contribution in [0, 0.1) is 6.92 Å². The molecule has 0 aliphatic heterocycles. The Balaban J connectivity index is 1.89. The van der Waals surface area contributed by atoms with Gasteiger partial charge in [0.25, 0.3) is 0 Å². The molecular weight excluding hydrogens is 236 g/mol. The molecular formula is C16H20N2O. The van der Waals surface area contributed by atoms with Gasteiger partial charge in [0.15, 0.2) is 0 Å². The normalized spacial score (nSPS) is 10.6. The standard InChI is InChI=1S/C16H20N2O/c1-13-6-7-17-10-16(13)11-18-9-14-4-3-5-15(8-14)12-19-2/h3-8,10,18H,9,11-12H2,1-2H3. The smallest absolute Gasteiger partial charge is 0.0713 e. The molecule has 2 aromatic rings. The lowest BCUT2D eigenvalue weighted by Gasteiger charge is -2.08. The van der Waals surface area contributed by atoms with Crippen molar-refractivity contribution in [2.75, 3.05) is 7.11 Å². The minimum Gasteiger partial charge on any atom is -0.380 e. The number of benzene rings is 1. The molecule has 100 valence electrons. The van der Waals surface area contributed by atoms with Crippen molar-refractivity contribution in [2.45, 2.75) is 26.6 Å². The number of ether oxygens (including phenoxy) is 1. The summed E-state index contributed by atoms with van der Waals surface area (Å²) in [4.78, 5) is 4.15. The average Bonchev–Trinajstić information content (AvgIpc) is 2.42. The first kappa shape index (κ1) is 13.7. The highest BCUT2D eigenvalue weighted by molar-refractivity contribution is 5.24. The first-order valence-electron chi connectivity index (χ1n) is 6.46. The van der Waals surface area contributed by atoms with Crippen LogP contribution in [0.2, 0.25) is 0 Å². The van der Waals surface area contributed by atoms with E-state index in [-0.39, 0.29) is 0 Å². The number of nitrogens with zero attached hydrogens (tertiary/aromatic N) is 1. The Kier molecular flexibility index (Phi) is 5.07. The summed E-state index contributed by atoms with van der Waals surface area (Å²) in [7, 11) is 1.72. The zero-order chi connectivity index (χ0) is 13.5. The van der Waals surface area contributed by atoms with E-state index in [4.69, 9.17) is 4.74 Å². The molecule has 3 heteroatoms.